The van der Waals surface area contributed by atoms with Crippen LogP contribution in [0.2, 0.25) is 0 Å². The third-order valence-electron chi connectivity index (χ3n) is 2.20. The van der Waals surface area contributed by atoms with E-state index in [1.807, 2.05) is 26.0 Å². The number of amides is 2. The summed E-state index contributed by atoms with van der Waals surface area (Å²) < 4.78 is 0. The number of carbonyl (C=O) groups is 1. The highest BCUT2D eigenvalue weighted by Crippen LogP contribution is 2.15. The summed E-state index contributed by atoms with van der Waals surface area (Å²) in [4.78, 5) is 19.0. The fraction of sp³-hybridized carbons (Fsp3) is 0.417. The average molecular weight is 232 g/mol. The molecule has 0 aliphatic carbocycles. The summed E-state index contributed by atoms with van der Waals surface area (Å²) in [5.41, 5.74) is 1.84. The minimum Gasteiger partial charge on any atom is -0.330 e. The van der Waals surface area contributed by atoms with Gasteiger partial charge in [0.2, 0.25) is 0 Å². The maximum Gasteiger partial charge on any atom is 0.326 e. The number of urea groups is 1. The van der Waals surface area contributed by atoms with Crippen LogP contribution in [0.3, 0.4) is 0 Å². The molecule has 0 atom stereocenters. The van der Waals surface area contributed by atoms with Gasteiger partial charge in [0.05, 0.1) is 6.07 Å². The number of nitrogens with zero attached hydrogens (tertiary/aromatic N) is 4. The van der Waals surface area contributed by atoms with Crippen LogP contribution in [0.1, 0.15) is 11.3 Å². The van der Waals surface area contributed by atoms with Crippen molar-refractivity contribution in [3.8, 4) is 6.07 Å². The second kappa shape index (κ2) is 5.30. The normalized spacial score (nSPS) is 9.59. The molecule has 0 spiro atoms. The topological polar surface area (TPSA) is 60.2 Å². The summed E-state index contributed by atoms with van der Waals surface area (Å²) in [5.74, 6) is 0.516. The SMILES string of the molecule is Cc1cc(C)nc(N(CC#N)C(=O)N(C)C)c1. The molecule has 0 saturated heterocycles. The van der Waals surface area contributed by atoms with Gasteiger partial charge < -0.3 is 4.90 Å². The summed E-state index contributed by atoms with van der Waals surface area (Å²) in [6.07, 6.45) is 0. The molecule has 1 heterocycles. The van der Waals surface area contributed by atoms with E-state index in [1.54, 1.807) is 20.2 Å². The van der Waals surface area contributed by atoms with Crippen molar-refractivity contribution in [2.75, 3.05) is 25.5 Å². The zero-order valence-corrected chi connectivity index (χ0v) is 10.6. The Labute approximate surface area is 101 Å². The average Bonchev–Trinajstić information content (AvgIpc) is 2.23. The molecule has 0 fully saturated rings. The van der Waals surface area contributed by atoms with Crippen LogP contribution < -0.4 is 4.90 Å². The Morgan fingerprint density at radius 3 is 2.53 bits per heavy atom. The highest BCUT2D eigenvalue weighted by molar-refractivity contribution is 5.91. The van der Waals surface area contributed by atoms with E-state index in [0.717, 1.165) is 11.3 Å². The van der Waals surface area contributed by atoms with E-state index in [9.17, 15) is 4.79 Å². The largest absolute Gasteiger partial charge is 0.330 e. The molecule has 0 N–H and O–H groups in total. The molecule has 90 valence electrons. The Kier molecular flexibility index (Phi) is 4.05. The van der Waals surface area contributed by atoms with Gasteiger partial charge in [-0.15, -0.1) is 0 Å². The fourth-order valence-electron chi connectivity index (χ4n) is 1.52. The Balaban J connectivity index is 3.14. The number of hydrogen-bond acceptors (Lipinski definition) is 3. The summed E-state index contributed by atoms with van der Waals surface area (Å²) >= 11 is 0. The van der Waals surface area contributed by atoms with E-state index >= 15 is 0 Å². The van der Waals surface area contributed by atoms with E-state index in [1.165, 1.54) is 9.80 Å². The van der Waals surface area contributed by atoms with Gasteiger partial charge in [-0.25, -0.2) is 9.78 Å². The van der Waals surface area contributed by atoms with Crippen LogP contribution in [0.25, 0.3) is 0 Å². The van der Waals surface area contributed by atoms with E-state index in [2.05, 4.69) is 4.98 Å². The van der Waals surface area contributed by atoms with E-state index < -0.39 is 0 Å². The molecular formula is C12H16N4O. The Bertz CT molecular complexity index is 442. The Morgan fingerprint density at radius 1 is 1.41 bits per heavy atom. The van der Waals surface area contributed by atoms with E-state index in [0.29, 0.717) is 5.82 Å². The van der Waals surface area contributed by atoms with Gasteiger partial charge in [0.1, 0.15) is 12.4 Å². The van der Waals surface area contributed by atoms with Gasteiger partial charge in [-0.05, 0) is 31.5 Å². The molecule has 5 heteroatoms. The molecular weight excluding hydrogens is 216 g/mol. The zero-order valence-electron chi connectivity index (χ0n) is 10.6. The number of anilines is 1. The lowest BCUT2D eigenvalue weighted by Gasteiger charge is -2.23. The maximum atomic E-state index is 11.9. The van der Waals surface area contributed by atoms with Crippen LogP contribution in [0.4, 0.5) is 10.6 Å². The minimum absolute atomic E-state index is 0.00704. The number of pyridine rings is 1. The first-order chi connectivity index (χ1) is 7.95. The summed E-state index contributed by atoms with van der Waals surface area (Å²) in [5, 5.41) is 8.78. The standard InChI is InChI=1S/C12H16N4O/c1-9-7-10(2)14-11(8-9)16(6-5-13)12(17)15(3)4/h7-8H,6H2,1-4H3. The third kappa shape index (κ3) is 3.18. The highest BCUT2D eigenvalue weighted by Gasteiger charge is 2.18. The summed E-state index contributed by atoms with van der Waals surface area (Å²) in [7, 11) is 3.30. The van der Waals surface area contributed by atoms with Crippen LogP contribution in [0.15, 0.2) is 12.1 Å². The Hall–Kier alpha value is -2.09. The lowest BCUT2D eigenvalue weighted by molar-refractivity contribution is 0.224. The van der Waals surface area contributed by atoms with E-state index in [4.69, 9.17) is 5.26 Å². The lowest BCUT2D eigenvalue weighted by atomic mass is 10.2. The lowest BCUT2D eigenvalue weighted by Crippen LogP contribution is -2.40. The van der Waals surface area contributed by atoms with Crippen molar-refractivity contribution in [3.05, 3.63) is 23.4 Å². The second-order valence-electron chi connectivity index (χ2n) is 4.07. The summed E-state index contributed by atoms with van der Waals surface area (Å²) in [6.45, 7) is 3.79. The molecule has 1 aromatic rings. The third-order valence-corrected chi connectivity index (χ3v) is 2.20. The first kappa shape index (κ1) is 13.0. The first-order valence-electron chi connectivity index (χ1n) is 5.26. The van der Waals surface area contributed by atoms with Crippen molar-refractivity contribution in [2.45, 2.75) is 13.8 Å². The first-order valence-corrected chi connectivity index (χ1v) is 5.26. The molecule has 1 aromatic heterocycles. The molecule has 0 bridgehead atoms. The summed E-state index contributed by atoms with van der Waals surface area (Å²) in [6, 6.07) is 5.46. The van der Waals surface area contributed by atoms with Gasteiger partial charge in [-0.3, -0.25) is 4.90 Å². The molecule has 0 aliphatic heterocycles. The molecule has 2 amide bonds. The molecule has 0 radical (unpaired) electrons. The van der Waals surface area contributed by atoms with Crippen LogP contribution in [0.5, 0.6) is 0 Å². The minimum atomic E-state index is -0.246. The number of aryl methyl sites for hydroxylation is 2. The van der Waals surface area contributed by atoms with Crippen LogP contribution >= 0.6 is 0 Å². The molecule has 0 aromatic carbocycles. The van der Waals surface area contributed by atoms with Gasteiger partial charge in [-0.1, -0.05) is 0 Å². The number of aromatic nitrogens is 1. The Morgan fingerprint density at radius 2 is 2.06 bits per heavy atom. The predicted octanol–water partition coefficient (Wildman–Crippen LogP) is 1.71. The van der Waals surface area contributed by atoms with Gasteiger partial charge in [0, 0.05) is 19.8 Å². The molecule has 5 nitrogen and oxygen atoms in total. The monoisotopic (exact) mass is 232 g/mol. The molecule has 1 rings (SSSR count). The number of rotatable bonds is 2. The van der Waals surface area contributed by atoms with Crippen molar-refractivity contribution < 1.29 is 4.79 Å². The van der Waals surface area contributed by atoms with Crippen molar-refractivity contribution in [2.24, 2.45) is 0 Å². The fourth-order valence-corrected chi connectivity index (χ4v) is 1.52. The van der Waals surface area contributed by atoms with Crippen molar-refractivity contribution in [1.29, 1.82) is 5.26 Å². The van der Waals surface area contributed by atoms with Crippen LogP contribution in [-0.2, 0) is 0 Å². The molecule has 0 saturated carbocycles. The maximum absolute atomic E-state index is 11.9. The quantitative estimate of drug-likeness (QED) is 0.729. The number of carbonyl (C=O) groups excluding carboxylic acids is 1. The van der Waals surface area contributed by atoms with Gasteiger partial charge in [-0.2, -0.15) is 5.26 Å². The second-order valence-corrected chi connectivity index (χ2v) is 4.07. The predicted molar refractivity (Wildman–Crippen MR) is 65.8 cm³/mol. The van der Waals surface area contributed by atoms with Crippen LogP contribution in [0, 0.1) is 25.2 Å². The molecule has 0 unspecified atom stereocenters. The van der Waals surface area contributed by atoms with Crippen LogP contribution in [-0.4, -0.2) is 36.6 Å². The number of hydrogen-bond donors (Lipinski definition) is 0. The van der Waals surface area contributed by atoms with Crippen molar-refractivity contribution >= 4 is 11.8 Å². The van der Waals surface area contributed by atoms with Crippen molar-refractivity contribution in [3.63, 3.8) is 0 Å². The van der Waals surface area contributed by atoms with E-state index in [-0.39, 0.29) is 12.6 Å². The molecule has 0 aliphatic rings. The smallest absolute Gasteiger partial charge is 0.326 e. The zero-order chi connectivity index (χ0) is 13.0. The van der Waals surface area contributed by atoms with Crippen molar-refractivity contribution in [1.82, 2.24) is 9.88 Å². The van der Waals surface area contributed by atoms with Gasteiger partial charge in [0.25, 0.3) is 0 Å². The molecule has 17 heavy (non-hydrogen) atoms. The highest BCUT2D eigenvalue weighted by atomic mass is 16.2. The number of nitriles is 1. The van der Waals surface area contributed by atoms with Gasteiger partial charge >= 0.3 is 6.03 Å². The van der Waals surface area contributed by atoms with Gasteiger partial charge in [0.15, 0.2) is 0 Å².